The highest BCUT2D eigenvalue weighted by atomic mass is 19.2. The minimum atomic E-state index is -0.865. The molecule has 0 atom stereocenters. The van der Waals surface area contributed by atoms with Crippen molar-refractivity contribution in [1.82, 2.24) is 0 Å². The Morgan fingerprint density at radius 3 is 1.92 bits per heavy atom. The number of benzene rings is 2. The fourth-order valence-corrected chi connectivity index (χ4v) is 2.79. The van der Waals surface area contributed by atoms with Gasteiger partial charge in [0, 0.05) is 5.56 Å². The maximum atomic E-state index is 14.4. The number of halogens is 3. The van der Waals surface area contributed by atoms with E-state index in [0.717, 1.165) is 11.1 Å². The van der Waals surface area contributed by atoms with Crippen LogP contribution in [0.15, 0.2) is 59.7 Å². The summed E-state index contributed by atoms with van der Waals surface area (Å²) >= 11 is 0. The second-order valence-corrected chi connectivity index (χ2v) is 5.95. The summed E-state index contributed by atoms with van der Waals surface area (Å²) in [6.07, 6.45) is 0.838. The molecule has 3 heteroatoms. The van der Waals surface area contributed by atoms with Crippen molar-refractivity contribution in [2.45, 2.75) is 40.5 Å². The molecule has 0 unspecified atom stereocenters. The van der Waals surface area contributed by atoms with Crippen LogP contribution in [0.2, 0.25) is 0 Å². The van der Waals surface area contributed by atoms with Gasteiger partial charge >= 0.3 is 0 Å². The highest BCUT2D eigenvalue weighted by molar-refractivity contribution is 5.75. The summed E-state index contributed by atoms with van der Waals surface area (Å²) in [6, 6.07) is 12.1. The molecular weight excluding hydrogens is 321 g/mol. The van der Waals surface area contributed by atoms with Crippen LogP contribution in [0.4, 0.5) is 13.2 Å². The molecular formula is C22H23F3. The Morgan fingerprint density at radius 1 is 0.720 bits per heavy atom. The predicted octanol–water partition coefficient (Wildman–Crippen LogP) is 7.55. The SMILES string of the molecule is CC.CC1=C(F)C(F)=C(c2ccc(-c3ccc(C)cc3)c(F)c2)CC1. The standard InChI is InChI=1S/C20H17F3.C2H6/c1-12-3-6-14(7-4-12)16-10-8-15(11-18(16)21)17-9-5-13(2)19(22)20(17)23;1-2/h3-4,6-8,10-11H,5,9H2,1-2H3;1-2H3. The molecule has 0 bridgehead atoms. The second-order valence-electron chi connectivity index (χ2n) is 5.95. The first-order valence-electron chi connectivity index (χ1n) is 8.58. The van der Waals surface area contributed by atoms with E-state index in [9.17, 15) is 13.2 Å². The fraction of sp³-hybridized carbons (Fsp3) is 0.273. The monoisotopic (exact) mass is 344 g/mol. The molecule has 0 aromatic heterocycles. The zero-order valence-electron chi connectivity index (χ0n) is 15.1. The van der Waals surface area contributed by atoms with E-state index in [2.05, 4.69) is 0 Å². The average Bonchev–Trinajstić information content (AvgIpc) is 2.62. The van der Waals surface area contributed by atoms with E-state index in [4.69, 9.17) is 0 Å². The van der Waals surface area contributed by atoms with Crippen LogP contribution in [-0.2, 0) is 0 Å². The molecule has 0 saturated carbocycles. The van der Waals surface area contributed by atoms with Crippen LogP contribution in [0.5, 0.6) is 0 Å². The summed E-state index contributed by atoms with van der Waals surface area (Å²) in [6.45, 7) is 7.54. The number of allylic oxidation sites excluding steroid dienone is 4. The Balaban J connectivity index is 0.00000109. The van der Waals surface area contributed by atoms with Gasteiger partial charge in [0.1, 0.15) is 5.82 Å². The minimum Gasteiger partial charge on any atom is -0.206 e. The molecule has 0 aliphatic heterocycles. The zero-order chi connectivity index (χ0) is 18.6. The van der Waals surface area contributed by atoms with Crippen molar-refractivity contribution in [1.29, 1.82) is 0 Å². The lowest BCUT2D eigenvalue weighted by molar-refractivity contribution is 0.525. The van der Waals surface area contributed by atoms with E-state index in [-0.39, 0.29) is 5.57 Å². The van der Waals surface area contributed by atoms with Gasteiger partial charge in [0.15, 0.2) is 11.7 Å². The summed E-state index contributed by atoms with van der Waals surface area (Å²) in [7, 11) is 0. The Hall–Kier alpha value is -2.29. The predicted molar refractivity (Wildman–Crippen MR) is 99.0 cm³/mol. The van der Waals surface area contributed by atoms with E-state index in [1.54, 1.807) is 19.1 Å². The van der Waals surface area contributed by atoms with E-state index >= 15 is 0 Å². The molecule has 0 N–H and O–H groups in total. The van der Waals surface area contributed by atoms with E-state index in [1.165, 1.54) is 6.07 Å². The van der Waals surface area contributed by atoms with E-state index < -0.39 is 17.5 Å². The van der Waals surface area contributed by atoms with Crippen molar-refractivity contribution >= 4 is 5.57 Å². The number of aryl methyl sites for hydroxylation is 1. The molecule has 0 fully saturated rings. The largest absolute Gasteiger partial charge is 0.206 e. The molecule has 3 rings (SSSR count). The first-order valence-corrected chi connectivity index (χ1v) is 8.58. The first kappa shape index (κ1) is 19.0. The highest BCUT2D eigenvalue weighted by Gasteiger charge is 2.21. The topological polar surface area (TPSA) is 0 Å². The minimum absolute atomic E-state index is 0.238. The Kier molecular flexibility index (Phi) is 6.24. The highest BCUT2D eigenvalue weighted by Crippen LogP contribution is 2.38. The van der Waals surface area contributed by atoms with Crippen LogP contribution in [0.25, 0.3) is 16.7 Å². The van der Waals surface area contributed by atoms with Crippen LogP contribution in [0.3, 0.4) is 0 Å². The summed E-state index contributed by atoms with van der Waals surface area (Å²) in [5.41, 5.74) is 3.36. The third-order valence-electron chi connectivity index (χ3n) is 4.26. The van der Waals surface area contributed by atoms with Gasteiger partial charge in [0.05, 0.1) is 0 Å². The average molecular weight is 344 g/mol. The lowest BCUT2D eigenvalue weighted by atomic mass is 9.91. The molecule has 2 aromatic carbocycles. The van der Waals surface area contributed by atoms with Gasteiger partial charge in [-0.1, -0.05) is 55.8 Å². The molecule has 0 amide bonds. The van der Waals surface area contributed by atoms with Gasteiger partial charge in [-0.15, -0.1) is 0 Å². The maximum absolute atomic E-state index is 14.4. The summed E-state index contributed by atoms with van der Waals surface area (Å²) < 4.78 is 42.3. The van der Waals surface area contributed by atoms with Crippen LogP contribution < -0.4 is 0 Å². The smallest absolute Gasteiger partial charge is 0.162 e. The maximum Gasteiger partial charge on any atom is 0.162 e. The van der Waals surface area contributed by atoms with Crippen LogP contribution in [0, 0.1) is 12.7 Å². The van der Waals surface area contributed by atoms with Crippen molar-refractivity contribution in [3.8, 4) is 11.1 Å². The molecule has 132 valence electrons. The number of rotatable bonds is 2. The van der Waals surface area contributed by atoms with Crippen molar-refractivity contribution in [3.63, 3.8) is 0 Å². The lowest BCUT2D eigenvalue weighted by Crippen LogP contribution is -2.00. The molecule has 0 radical (unpaired) electrons. The molecule has 2 aromatic rings. The third-order valence-corrected chi connectivity index (χ3v) is 4.26. The lowest BCUT2D eigenvalue weighted by Gasteiger charge is -2.16. The third kappa shape index (κ3) is 4.04. The normalized spacial score (nSPS) is 14.4. The van der Waals surface area contributed by atoms with E-state index in [1.807, 2.05) is 45.0 Å². The summed E-state index contributed by atoms with van der Waals surface area (Å²) in [5.74, 6) is -2.11. The van der Waals surface area contributed by atoms with E-state index in [0.29, 0.717) is 29.5 Å². The van der Waals surface area contributed by atoms with Gasteiger partial charge in [0.2, 0.25) is 0 Å². The van der Waals surface area contributed by atoms with Gasteiger partial charge in [-0.25, -0.2) is 13.2 Å². The second kappa shape index (κ2) is 8.19. The van der Waals surface area contributed by atoms with Gasteiger partial charge in [-0.3, -0.25) is 0 Å². The number of hydrogen-bond donors (Lipinski definition) is 0. The zero-order valence-corrected chi connectivity index (χ0v) is 15.1. The van der Waals surface area contributed by atoms with Crippen molar-refractivity contribution < 1.29 is 13.2 Å². The van der Waals surface area contributed by atoms with Crippen LogP contribution in [0.1, 0.15) is 44.7 Å². The van der Waals surface area contributed by atoms with Crippen molar-refractivity contribution in [3.05, 3.63) is 76.6 Å². The van der Waals surface area contributed by atoms with Gasteiger partial charge < -0.3 is 0 Å². The number of hydrogen-bond acceptors (Lipinski definition) is 0. The van der Waals surface area contributed by atoms with Gasteiger partial charge in [-0.2, -0.15) is 0 Å². The van der Waals surface area contributed by atoms with Gasteiger partial charge in [-0.05, 0) is 55.0 Å². The molecule has 1 aliphatic rings. The van der Waals surface area contributed by atoms with Crippen LogP contribution >= 0.6 is 0 Å². The fourth-order valence-electron chi connectivity index (χ4n) is 2.79. The Morgan fingerprint density at radius 2 is 1.32 bits per heavy atom. The van der Waals surface area contributed by atoms with Crippen LogP contribution in [-0.4, -0.2) is 0 Å². The molecule has 25 heavy (non-hydrogen) atoms. The Labute approximate surface area is 147 Å². The molecule has 0 nitrogen and oxygen atoms in total. The first-order chi connectivity index (χ1) is 12.0. The quantitative estimate of drug-likeness (QED) is 0.528. The Bertz CT molecular complexity index is 812. The molecule has 0 saturated heterocycles. The molecule has 1 aliphatic carbocycles. The molecule has 0 spiro atoms. The molecule has 0 heterocycles. The summed E-state index contributed by atoms with van der Waals surface area (Å²) in [4.78, 5) is 0. The van der Waals surface area contributed by atoms with Crippen molar-refractivity contribution in [2.75, 3.05) is 0 Å². The van der Waals surface area contributed by atoms with Gasteiger partial charge in [0.25, 0.3) is 0 Å². The van der Waals surface area contributed by atoms with Crippen molar-refractivity contribution in [2.24, 2.45) is 0 Å². The summed E-state index contributed by atoms with van der Waals surface area (Å²) in [5, 5.41) is 0.